The third-order valence-electron chi connectivity index (χ3n) is 5.84. The number of nitrogens with zero attached hydrogens (tertiary/aromatic N) is 4. The van der Waals surface area contributed by atoms with Gasteiger partial charge in [0.2, 0.25) is 11.8 Å². The third-order valence-corrected chi connectivity index (χ3v) is 5.84. The highest BCUT2D eigenvalue weighted by molar-refractivity contribution is 5.73. The fourth-order valence-corrected chi connectivity index (χ4v) is 4.23. The Morgan fingerprint density at radius 3 is 2.73 bits per heavy atom. The monoisotopic (exact) mass is 452 g/mol. The first-order valence-corrected chi connectivity index (χ1v) is 10.6. The van der Waals surface area contributed by atoms with Gasteiger partial charge >= 0.3 is 0 Å². The van der Waals surface area contributed by atoms with Crippen molar-refractivity contribution in [2.75, 3.05) is 19.7 Å². The largest absolute Gasteiger partial charge is 0.445 e. The number of carbonyl (C=O) groups is 1. The highest BCUT2D eigenvalue weighted by atomic mass is 19.1. The number of fused-ring (bicyclic) bond motifs is 1. The van der Waals surface area contributed by atoms with E-state index in [2.05, 4.69) is 9.97 Å². The highest BCUT2D eigenvalue weighted by Gasteiger charge is 2.28. The van der Waals surface area contributed by atoms with Crippen LogP contribution in [0.5, 0.6) is 0 Å². The molecule has 0 bridgehead atoms. The standard InChI is InChI=1S/C24H22F2N4O3/c1-14-3-5-30-20(12-17-13-29(15(2)31)6-8-32-17)23(28-21(30)9-14)22-18(25)10-16(11-19(22)26)24-27-4-7-33-24/h3-5,7,9-11,17H,6,8,12-13H2,1-2H3/t17-/m0/s1. The normalized spacial score (nSPS) is 16.5. The molecule has 1 fully saturated rings. The quantitative estimate of drug-likeness (QED) is 0.468. The van der Waals surface area contributed by atoms with Crippen LogP contribution in [-0.4, -0.2) is 51.0 Å². The Morgan fingerprint density at radius 1 is 1.24 bits per heavy atom. The Labute approximate surface area is 188 Å². The van der Waals surface area contributed by atoms with Gasteiger partial charge in [0.25, 0.3) is 0 Å². The molecule has 0 spiro atoms. The van der Waals surface area contributed by atoms with Crippen molar-refractivity contribution in [3.8, 4) is 22.7 Å². The topological polar surface area (TPSA) is 72.9 Å². The molecule has 1 aliphatic rings. The summed E-state index contributed by atoms with van der Waals surface area (Å²) in [6.45, 7) is 4.78. The van der Waals surface area contributed by atoms with Gasteiger partial charge in [0.05, 0.1) is 35.9 Å². The Bertz CT molecular complexity index is 1310. The molecule has 5 rings (SSSR count). The summed E-state index contributed by atoms with van der Waals surface area (Å²) < 4.78 is 43.4. The van der Waals surface area contributed by atoms with Crippen molar-refractivity contribution in [3.63, 3.8) is 0 Å². The molecule has 3 aromatic heterocycles. The maximum atomic E-state index is 15.3. The van der Waals surface area contributed by atoms with E-state index < -0.39 is 11.6 Å². The molecule has 0 unspecified atom stereocenters. The summed E-state index contributed by atoms with van der Waals surface area (Å²) in [6.07, 6.45) is 4.61. The Balaban J connectivity index is 1.61. The summed E-state index contributed by atoms with van der Waals surface area (Å²) in [5, 5.41) is 0. The lowest BCUT2D eigenvalue weighted by Gasteiger charge is -2.32. The molecule has 0 saturated carbocycles. The minimum absolute atomic E-state index is 0.0310. The Morgan fingerprint density at radius 2 is 2.03 bits per heavy atom. The van der Waals surface area contributed by atoms with Crippen LogP contribution in [-0.2, 0) is 16.0 Å². The zero-order valence-electron chi connectivity index (χ0n) is 18.2. The number of oxazole rings is 1. The van der Waals surface area contributed by atoms with E-state index in [1.54, 1.807) is 4.90 Å². The van der Waals surface area contributed by atoms with Crippen molar-refractivity contribution in [1.29, 1.82) is 0 Å². The first-order chi connectivity index (χ1) is 15.9. The predicted molar refractivity (Wildman–Crippen MR) is 116 cm³/mol. The number of morpholine rings is 1. The highest BCUT2D eigenvalue weighted by Crippen LogP contribution is 2.34. The molecule has 9 heteroatoms. The molecule has 1 aliphatic heterocycles. The SMILES string of the molecule is CC(=O)N1CCO[C@@H](Cc2c(-c3c(F)cc(-c4ncco4)cc3F)nc3cc(C)ccn23)C1. The average Bonchev–Trinajstić information content (AvgIpc) is 3.42. The van der Waals surface area contributed by atoms with Gasteiger partial charge in [-0.1, -0.05) is 0 Å². The van der Waals surface area contributed by atoms with Crippen LogP contribution in [0, 0.1) is 18.6 Å². The summed E-state index contributed by atoms with van der Waals surface area (Å²) in [5.41, 5.74) is 2.35. The van der Waals surface area contributed by atoms with Crippen molar-refractivity contribution in [2.24, 2.45) is 0 Å². The van der Waals surface area contributed by atoms with E-state index in [0.717, 1.165) is 5.56 Å². The van der Waals surface area contributed by atoms with E-state index in [0.29, 0.717) is 37.5 Å². The minimum atomic E-state index is -0.764. The molecule has 1 aromatic carbocycles. The molecule has 7 nitrogen and oxygen atoms in total. The molecule has 0 aliphatic carbocycles. The molecule has 0 radical (unpaired) electrons. The van der Waals surface area contributed by atoms with E-state index in [1.807, 2.05) is 29.7 Å². The smallest absolute Gasteiger partial charge is 0.226 e. The van der Waals surface area contributed by atoms with E-state index in [9.17, 15) is 4.79 Å². The van der Waals surface area contributed by atoms with Crippen LogP contribution in [0.15, 0.2) is 47.3 Å². The molecule has 170 valence electrons. The number of halogens is 2. The van der Waals surface area contributed by atoms with Crippen LogP contribution in [0.2, 0.25) is 0 Å². The molecule has 1 amide bonds. The summed E-state index contributed by atoms with van der Waals surface area (Å²) in [5.74, 6) is -1.43. The van der Waals surface area contributed by atoms with Crippen molar-refractivity contribution in [1.82, 2.24) is 19.3 Å². The van der Waals surface area contributed by atoms with Crippen molar-refractivity contribution >= 4 is 11.6 Å². The van der Waals surface area contributed by atoms with Crippen LogP contribution >= 0.6 is 0 Å². The van der Waals surface area contributed by atoms with Crippen LogP contribution in [0.1, 0.15) is 18.2 Å². The first kappa shape index (κ1) is 21.3. The molecule has 1 saturated heterocycles. The van der Waals surface area contributed by atoms with Crippen LogP contribution in [0.25, 0.3) is 28.4 Å². The second-order valence-corrected chi connectivity index (χ2v) is 8.15. The molecule has 0 N–H and O–H groups in total. The van der Waals surface area contributed by atoms with Crippen LogP contribution in [0.3, 0.4) is 0 Å². The Hall–Kier alpha value is -3.59. The number of amides is 1. The second-order valence-electron chi connectivity index (χ2n) is 8.15. The number of ether oxygens (including phenoxy) is 1. The maximum absolute atomic E-state index is 15.3. The van der Waals surface area contributed by atoms with E-state index in [-0.39, 0.29) is 34.7 Å². The Kier molecular flexibility index (Phi) is 5.41. The second kappa shape index (κ2) is 8.40. The van der Waals surface area contributed by atoms with Gasteiger partial charge in [-0.3, -0.25) is 4.79 Å². The van der Waals surface area contributed by atoms with E-state index in [1.165, 1.54) is 31.5 Å². The lowest BCUT2D eigenvalue weighted by Crippen LogP contribution is -2.45. The van der Waals surface area contributed by atoms with Gasteiger partial charge in [0.15, 0.2) is 0 Å². The minimum Gasteiger partial charge on any atom is -0.445 e. The molecular weight excluding hydrogens is 430 g/mol. The maximum Gasteiger partial charge on any atom is 0.226 e. The number of hydrogen-bond donors (Lipinski definition) is 0. The van der Waals surface area contributed by atoms with E-state index >= 15 is 8.78 Å². The van der Waals surface area contributed by atoms with Gasteiger partial charge in [-0.15, -0.1) is 0 Å². The third kappa shape index (κ3) is 4.00. The molecule has 33 heavy (non-hydrogen) atoms. The average molecular weight is 452 g/mol. The number of aromatic nitrogens is 3. The van der Waals surface area contributed by atoms with Crippen molar-refractivity contribution in [2.45, 2.75) is 26.4 Å². The van der Waals surface area contributed by atoms with Crippen LogP contribution in [0.4, 0.5) is 8.78 Å². The zero-order valence-corrected chi connectivity index (χ0v) is 18.2. The predicted octanol–water partition coefficient (Wildman–Crippen LogP) is 4.03. The number of imidazole rings is 1. The van der Waals surface area contributed by atoms with Gasteiger partial charge in [-0.05, 0) is 36.8 Å². The van der Waals surface area contributed by atoms with Gasteiger partial charge in [-0.2, -0.15) is 0 Å². The van der Waals surface area contributed by atoms with Gasteiger partial charge in [0, 0.05) is 38.2 Å². The zero-order chi connectivity index (χ0) is 23.1. The van der Waals surface area contributed by atoms with Gasteiger partial charge in [0.1, 0.15) is 23.5 Å². The summed E-state index contributed by atoms with van der Waals surface area (Å²) >= 11 is 0. The number of benzene rings is 1. The van der Waals surface area contributed by atoms with E-state index in [4.69, 9.17) is 9.15 Å². The lowest BCUT2D eigenvalue weighted by atomic mass is 10.0. The number of carbonyl (C=O) groups excluding carboxylic acids is 1. The molecule has 4 heterocycles. The van der Waals surface area contributed by atoms with Crippen molar-refractivity contribution < 1.29 is 22.7 Å². The lowest BCUT2D eigenvalue weighted by molar-refractivity contribution is -0.136. The fraction of sp³-hybridized carbons (Fsp3) is 0.292. The number of pyridine rings is 1. The number of hydrogen-bond acceptors (Lipinski definition) is 5. The number of rotatable bonds is 4. The summed E-state index contributed by atoms with van der Waals surface area (Å²) in [6, 6.07) is 6.15. The summed E-state index contributed by atoms with van der Waals surface area (Å²) in [4.78, 5) is 22.1. The number of aryl methyl sites for hydroxylation is 1. The molecule has 1 atom stereocenters. The van der Waals surface area contributed by atoms with Crippen molar-refractivity contribution in [3.05, 3.63) is 65.8 Å². The fourth-order valence-electron chi connectivity index (χ4n) is 4.23. The van der Waals surface area contributed by atoms with Gasteiger partial charge in [-0.25, -0.2) is 18.7 Å². The molecule has 4 aromatic rings. The first-order valence-electron chi connectivity index (χ1n) is 10.6. The molecular formula is C24H22F2N4O3. The van der Waals surface area contributed by atoms with Crippen LogP contribution < -0.4 is 0 Å². The van der Waals surface area contributed by atoms with Gasteiger partial charge < -0.3 is 18.5 Å². The summed E-state index contributed by atoms with van der Waals surface area (Å²) in [7, 11) is 0.